The first-order chi connectivity index (χ1) is 7.18. The Balaban J connectivity index is 2.39. The van der Waals surface area contributed by atoms with Gasteiger partial charge in [0.1, 0.15) is 0 Å². The number of rotatable bonds is 3. The van der Waals surface area contributed by atoms with Gasteiger partial charge in [-0.15, -0.1) is 11.3 Å². The Kier molecular flexibility index (Phi) is 2.70. The third kappa shape index (κ3) is 2.00. The molecule has 1 heterocycles. The Morgan fingerprint density at radius 2 is 2.13 bits per heavy atom. The quantitative estimate of drug-likeness (QED) is 0.838. The number of aliphatic carboxylic acids is 1. The molecule has 1 unspecified atom stereocenters. The number of carboxylic acids is 1. The fraction of sp³-hybridized carbons (Fsp3) is 0.182. The van der Waals surface area contributed by atoms with Crippen molar-refractivity contribution in [1.29, 1.82) is 0 Å². The minimum absolute atomic E-state index is 0.249. The van der Waals surface area contributed by atoms with E-state index in [2.05, 4.69) is 0 Å². The molecule has 4 heteroatoms. The van der Waals surface area contributed by atoms with Gasteiger partial charge in [-0.2, -0.15) is 0 Å². The lowest BCUT2D eigenvalue weighted by atomic mass is 10.1. The second-order valence-corrected chi connectivity index (χ2v) is 4.21. The van der Waals surface area contributed by atoms with Gasteiger partial charge in [0, 0.05) is 4.70 Å². The van der Waals surface area contributed by atoms with Crippen molar-refractivity contribution in [1.82, 2.24) is 0 Å². The molecule has 0 aliphatic carbocycles. The first-order valence-corrected chi connectivity index (χ1v) is 5.42. The Hall–Kier alpha value is -1.39. The van der Waals surface area contributed by atoms with Gasteiger partial charge in [0.25, 0.3) is 0 Å². The Bertz CT molecular complexity index is 489. The van der Waals surface area contributed by atoms with Crippen LogP contribution in [0.15, 0.2) is 29.6 Å². The maximum Gasteiger partial charge on any atom is 0.306 e. The highest BCUT2D eigenvalue weighted by atomic mass is 32.1. The number of carbonyl (C=O) groups is 1. The summed E-state index contributed by atoms with van der Waals surface area (Å²) in [6.45, 7) is 0. The summed E-state index contributed by atoms with van der Waals surface area (Å²) >= 11 is 1.52. The smallest absolute Gasteiger partial charge is 0.306 e. The second kappa shape index (κ2) is 4.00. The number of hydrogen-bond donors (Lipinski definition) is 2. The van der Waals surface area contributed by atoms with Crippen molar-refractivity contribution in [2.75, 3.05) is 0 Å². The van der Waals surface area contributed by atoms with Gasteiger partial charge >= 0.3 is 5.97 Å². The lowest BCUT2D eigenvalue weighted by molar-refractivity contribution is -0.139. The molecule has 0 amide bonds. The summed E-state index contributed by atoms with van der Waals surface area (Å²) in [5.74, 6) is -0.988. The predicted octanol–water partition coefficient (Wildman–Crippen LogP) is 2.41. The summed E-state index contributed by atoms with van der Waals surface area (Å²) in [5, 5.41) is 21.1. The van der Waals surface area contributed by atoms with Crippen LogP contribution < -0.4 is 0 Å². The molecule has 1 atom stereocenters. The van der Waals surface area contributed by atoms with Crippen LogP contribution in [0, 0.1) is 0 Å². The van der Waals surface area contributed by atoms with E-state index in [0.29, 0.717) is 5.56 Å². The van der Waals surface area contributed by atoms with Crippen molar-refractivity contribution in [3.05, 3.63) is 35.2 Å². The summed E-state index contributed by atoms with van der Waals surface area (Å²) in [7, 11) is 0. The zero-order chi connectivity index (χ0) is 10.8. The van der Waals surface area contributed by atoms with Gasteiger partial charge in [-0.05, 0) is 22.4 Å². The van der Waals surface area contributed by atoms with Gasteiger partial charge in [0.05, 0.1) is 12.5 Å². The number of carboxylic acid groups (broad SMARTS) is 1. The highest BCUT2D eigenvalue weighted by Crippen LogP contribution is 2.31. The van der Waals surface area contributed by atoms with E-state index < -0.39 is 12.1 Å². The van der Waals surface area contributed by atoms with Crippen molar-refractivity contribution in [2.45, 2.75) is 12.5 Å². The summed E-state index contributed by atoms with van der Waals surface area (Å²) in [5.41, 5.74) is 0.706. The minimum atomic E-state index is -0.988. The maximum atomic E-state index is 10.5. The van der Waals surface area contributed by atoms with Crippen molar-refractivity contribution < 1.29 is 15.0 Å². The molecule has 1 aromatic heterocycles. The number of aliphatic hydroxyl groups excluding tert-OH is 1. The molecule has 3 nitrogen and oxygen atoms in total. The minimum Gasteiger partial charge on any atom is -0.481 e. The second-order valence-electron chi connectivity index (χ2n) is 3.30. The molecule has 0 aliphatic rings. The summed E-state index contributed by atoms with van der Waals surface area (Å²) in [4.78, 5) is 10.5. The molecular formula is C11H10O3S. The molecule has 2 rings (SSSR count). The van der Waals surface area contributed by atoms with Gasteiger partial charge < -0.3 is 10.2 Å². The van der Waals surface area contributed by atoms with Crippen molar-refractivity contribution in [2.24, 2.45) is 0 Å². The molecule has 1 aromatic carbocycles. The highest BCUT2D eigenvalue weighted by Gasteiger charge is 2.15. The lowest BCUT2D eigenvalue weighted by Gasteiger charge is -2.05. The molecule has 0 aliphatic heterocycles. The number of benzene rings is 1. The molecule has 78 valence electrons. The van der Waals surface area contributed by atoms with E-state index in [1.54, 1.807) is 0 Å². The standard InChI is InChI=1S/C11H10O3S/c12-9(5-11(13)14)8-6-15-10-4-2-1-3-7(8)10/h1-4,6,9,12H,5H2,(H,13,14). The molecule has 0 bridgehead atoms. The molecule has 0 spiro atoms. The lowest BCUT2D eigenvalue weighted by Crippen LogP contribution is -2.04. The van der Waals surface area contributed by atoms with E-state index in [9.17, 15) is 9.90 Å². The first-order valence-electron chi connectivity index (χ1n) is 4.54. The van der Waals surface area contributed by atoms with Crippen molar-refractivity contribution in [3.63, 3.8) is 0 Å². The normalized spacial score (nSPS) is 12.9. The fourth-order valence-corrected chi connectivity index (χ4v) is 2.54. The van der Waals surface area contributed by atoms with Gasteiger partial charge in [0.15, 0.2) is 0 Å². The van der Waals surface area contributed by atoms with E-state index in [0.717, 1.165) is 10.1 Å². The number of thiophene rings is 1. The number of fused-ring (bicyclic) bond motifs is 1. The number of hydrogen-bond acceptors (Lipinski definition) is 3. The van der Waals surface area contributed by atoms with Crippen LogP contribution in [0.3, 0.4) is 0 Å². The van der Waals surface area contributed by atoms with E-state index in [1.165, 1.54) is 11.3 Å². The fourth-order valence-electron chi connectivity index (χ4n) is 1.53. The third-order valence-electron chi connectivity index (χ3n) is 2.24. The van der Waals surface area contributed by atoms with Crippen LogP contribution in [0.5, 0.6) is 0 Å². The highest BCUT2D eigenvalue weighted by molar-refractivity contribution is 7.17. The van der Waals surface area contributed by atoms with Gasteiger partial charge in [-0.25, -0.2) is 0 Å². The number of aliphatic hydroxyl groups is 1. The molecule has 0 saturated carbocycles. The zero-order valence-corrected chi connectivity index (χ0v) is 8.70. The molecule has 15 heavy (non-hydrogen) atoms. The van der Waals surface area contributed by atoms with Crippen LogP contribution in [-0.4, -0.2) is 16.2 Å². The van der Waals surface area contributed by atoms with Crippen LogP contribution in [-0.2, 0) is 4.79 Å². The SMILES string of the molecule is O=C(O)CC(O)c1csc2ccccc12. The largest absolute Gasteiger partial charge is 0.481 e. The van der Waals surface area contributed by atoms with E-state index in [1.807, 2.05) is 29.6 Å². The summed E-state index contributed by atoms with van der Waals surface area (Å²) in [6.07, 6.45) is -1.17. The average molecular weight is 222 g/mol. The van der Waals surface area contributed by atoms with Crippen LogP contribution >= 0.6 is 11.3 Å². The van der Waals surface area contributed by atoms with Crippen LogP contribution in [0.25, 0.3) is 10.1 Å². The van der Waals surface area contributed by atoms with Crippen LogP contribution in [0.1, 0.15) is 18.1 Å². The monoisotopic (exact) mass is 222 g/mol. The van der Waals surface area contributed by atoms with Gasteiger partial charge in [-0.3, -0.25) is 4.79 Å². The van der Waals surface area contributed by atoms with Gasteiger partial charge in [0.2, 0.25) is 0 Å². The molecule has 2 aromatic rings. The van der Waals surface area contributed by atoms with Crippen molar-refractivity contribution >= 4 is 27.4 Å². The van der Waals surface area contributed by atoms with Crippen LogP contribution in [0.4, 0.5) is 0 Å². The Labute approximate surface area is 90.6 Å². The van der Waals surface area contributed by atoms with E-state index in [-0.39, 0.29) is 6.42 Å². The Morgan fingerprint density at radius 1 is 1.40 bits per heavy atom. The van der Waals surface area contributed by atoms with Gasteiger partial charge in [-0.1, -0.05) is 18.2 Å². The molecule has 0 fully saturated rings. The molecule has 2 N–H and O–H groups in total. The van der Waals surface area contributed by atoms with E-state index >= 15 is 0 Å². The maximum absolute atomic E-state index is 10.5. The topological polar surface area (TPSA) is 57.5 Å². The first kappa shape index (κ1) is 10.1. The molecule has 0 saturated heterocycles. The summed E-state index contributed by atoms with van der Waals surface area (Å²) < 4.78 is 1.07. The predicted molar refractivity (Wildman–Crippen MR) is 59.0 cm³/mol. The zero-order valence-electron chi connectivity index (χ0n) is 7.88. The van der Waals surface area contributed by atoms with Crippen LogP contribution in [0.2, 0.25) is 0 Å². The third-order valence-corrected chi connectivity index (χ3v) is 3.22. The molecule has 0 radical (unpaired) electrons. The summed E-state index contributed by atoms with van der Waals surface area (Å²) in [6, 6.07) is 7.65. The molecular weight excluding hydrogens is 212 g/mol. The Morgan fingerprint density at radius 3 is 2.87 bits per heavy atom. The van der Waals surface area contributed by atoms with Crippen molar-refractivity contribution in [3.8, 4) is 0 Å². The van der Waals surface area contributed by atoms with E-state index in [4.69, 9.17) is 5.11 Å². The average Bonchev–Trinajstić information content (AvgIpc) is 2.59.